The second kappa shape index (κ2) is 10.1. The molecule has 2 aromatic rings. The summed E-state index contributed by atoms with van der Waals surface area (Å²) in [5.74, 6) is -1.43. The van der Waals surface area contributed by atoms with Gasteiger partial charge in [-0.2, -0.15) is 0 Å². The van der Waals surface area contributed by atoms with Crippen LogP contribution in [0.2, 0.25) is 0 Å². The van der Waals surface area contributed by atoms with Crippen molar-refractivity contribution in [2.24, 2.45) is 0 Å². The number of esters is 1. The third-order valence-corrected chi connectivity index (χ3v) is 4.02. The highest BCUT2D eigenvalue weighted by Gasteiger charge is 2.15. The molecule has 2 aromatic carbocycles. The number of aryl methyl sites for hydroxylation is 1. The van der Waals surface area contributed by atoms with Crippen LogP contribution in [0.4, 0.5) is 0 Å². The SMILES string of the molecule is CC[C@@H](NC(=O)COC(=O)CNC(=O)c1ccccc1)c1ccc(C)cc1. The van der Waals surface area contributed by atoms with Crippen molar-refractivity contribution in [3.63, 3.8) is 0 Å². The van der Waals surface area contributed by atoms with Crippen molar-refractivity contribution in [2.45, 2.75) is 26.3 Å². The number of rotatable bonds is 8. The molecule has 27 heavy (non-hydrogen) atoms. The maximum atomic E-state index is 12.0. The molecule has 0 saturated carbocycles. The van der Waals surface area contributed by atoms with Crippen molar-refractivity contribution >= 4 is 17.8 Å². The first kappa shape index (κ1) is 20.2. The molecule has 6 heteroatoms. The number of hydrogen-bond acceptors (Lipinski definition) is 4. The summed E-state index contributed by atoms with van der Waals surface area (Å²) in [6.45, 7) is 3.29. The Balaban J connectivity index is 1.74. The molecule has 0 saturated heterocycles. The van der Waals surface area contributed by atoms with E-state index in [1.165, 1.54) is 0 Å². The van der Waals surface area contributed by atoms with Crippen molar-refractivity contribution in [3.05, 3.63) is 71.3 Å². The van der Waals surface area contributed by atoms with Gasteiger partial charge in [0, 0.05) is 5.56 Å². The van der Waals surface area contributed by atoms with Crippen molar-refractivity contribution < 1.29 is 19.1 Å². The van der Waals surface area contributed by atoms with Crippen LogP contribution in [0.1, 0.15) is 40.9 Å². The van der Waals surface area contributed by atoms with Crippen LogP contribution in [0.15, 0.2) is 54.6 Å². The quantitative estimate of drug-likeness (QED) is 0.701. The molecule has 142 valence electrons. The minimum atomic E-state index is -0.669. The van der Waals surface area contributed by atoms with E-state index in [1.807, 2.05) is 38.1 Å². The number of amides is 2. The number of carbonyl (C=O) groups excluding carboxylic acids is 3. The molecule has 1 atom stereocenters. The fourth-order valence-electron chi connectivity index (χ4n) is 2.50. The lowest BCUT2D eigenvalue weighted by molar-refractivity contribution is -0.147. The average molecular weight is 368 g/mol. The molecular weight excluding hydrogens is 344 g/mol. The van der Waals surface area contributed by atoms with Gasteiger partial charge in [0.15, 0.2) is 6.61 Å². The summed E-state index contributed by atoms with van der Waals surface area (Å²) in [5.41, 5.74) is 2.59. The molecule has 0 aromatic heterocycles. The Kier molecular flexibility index (Phi) is 7.55. The lowest BCUT2D eigenvalue weighted by Gasteiger charge is -2.17. The Bertz CT molecular complexity index is 773. The first-order valence-corrected chi connectivity index (χ1v) is 8.84. The van der Waals surface area contributed by atoms with Crippen LogP contribution in [-0.2, 0) is 14.3 Å². The van der Waals surface area contributed by atoms with Crippen molar-refractivity contribution in [3.8, 4) is 0 Å². The number of nitrogens with one attached hydrogen (secondary N) is 2. The molecule has 2 N–H and O–H groups in total. The van der Waals surface area contributed by atoms with E-state index >= 15 is 0 Å². The molecule has 0 aliphatic rings. The second-order valence-corrected chi connectivity index (χ2v) is 6.15. The first-order chi connectivity index (χ1) is 13.0. The summed E-state index contributed by atoms with van der Waals surface area (Å²) < 4.78 is 4.92. The zero-order chi connectivity index (χ0) is 19.6. The van der Waals surface area contributed by atoms with E-state index in [2.05, 4.69) is 10.6 Å². The molecule has 2 rings (SSSR count). The lowest BCUT2D eigenvalue weighted by atomic mass is 10.0. The summed E-state index contributed by atoms with van der Waals surface area (Å²) in [4.78, 5) is 35.6. The smallest absolute Gasteiger partial charge is 0.325 e. The molecule has 0 aliphatic carbocycles. The zero-order valence-electron chi connectivity index (χ0n) is 15.5. The normalized spacial score (nSPS) is 11.3. The Morgan fingerprint density at radius 2 is 1.67 bits per heavy atom. The Morgan fingerprint density at radius 1 is 1.00 bits per heavy atom. The van der Waals surface area contributed by atoms with Gasteiger partial charge in [-0.05, 0) is 31.0 Å². The minimum Gasteiger partial charge on any atom is -0.454 e. The first-order valence-electron chi connectivity index (χ1n) is 8.84. The molecule has 0 aliphatic heterocycles. The van der Waals surface area contributed by atoms with Gasteiger partial charge in [-0.3, -0.25) is 14.4 Å². The highest BCUT2D eigenvalue weighted by Crippen LogP contribution is 2.16. The van der Waals surface area contributed by atoms with Crippen LogP contribution in [0.5, 0.6) is 0 Å². The van der Waals surface area contributed by atoms with Crippen LogP contribution in [0, 0.1) is 6.92 Å². The van der Waals surface area contributed by atoms with Crippen LogP contribution in [0.3, 0.4) is 0 Å². The van der Waals surface area contributed by atoms with Gasteiger partial charge < -0.3 is 15.4 Å². The van der Waals surface area contributed by atoms with Gasteiger partial charge in [0.2, 0.25) is 0 Å². The van der Waals surface area contributed by atoms with Gasteiger partial charge in [-0.1, -0.05) is 55.0 Å². The average Bonchev–Trinajstić information content (AvgIpc) is 2.70. The minimum absolute atomic E-state index is 0.144. The molecule has 0 fully saturated rings. The van der Waals surface area contributed by atoms with Crippen molar-refractivity contribution in [2.75, 3.05) is 13.2 Å². The Labute approximate surface area is 158 Å². The van der Waals surface area contributed by atoms with Gasteiger partial charge in [-0.25, -0.2) is 0 Å². The molecule has 0 unspecified atom stereocenters. The van der Waals surface area contributed by atoms with E-state index in [4.69, 9.17) is 4.74 Å². The third kappa shape index (κ3) is 6.58. The zero-order valence-corrected chi connectivity index (χ0v) is 15.5. The summed E-state index contributed by atoms with van der Waals surface area (Å²) in [6, 6.07) is 16.3. The highest BCUT2D eigenvalue weighted by molar-refractivity contribution is 5.96. The fourth-order valence-corrected chi connectivity index (χ4v) is 2.50. The Morgan fingerprint density at radius 3 is 2.30 bits per heavy atom. The van der Waals surface area contributed by atoms with E-state index in [0.717, 1.165) is 17.5 Å². The summed E-state index contributed by atoms with van der Waals surface area (Å²) in [7, 11) is 0. The molecular formula is C21H24N2O4. The monoisotopic (exact) mass is 368 g/mol. The topological polar surface area (TPSA) is 84.5 Å². The van der Waals surface area contributed by atoms with Gasteiger partial charge >= 0.3 is 5.97 Å². The van der Waals surface area contributed by atoms with E-state index in [9.17, 15) is 14.4 Å². The van der Waals surface area contributed by atoms with Gasteiger partial charge in [0.1, 0.15) is 6.54 Å². The number of benzene rings is 2. The van der Waals surface area contributed by atoms with Crippen molar-refractivity contribution in [1.29, 1.82) is 0 Å². The molecule has 6 nitrogen and oxygen atoms in total. The van der Waals surface area contributed by atoms with Gasteiger partial charge in [-0.15, -0.1) is 0 Å². The summed E-state index contributed by atoms with van der Waals surface area (Å²) in [6.07, 6.45) is 0.718. The predicted octanol–water partition coefficient (Wildman–Crippen LogP) is 2.54. The molecule has 2 amide bonds. The largest absolute Gasteiger partial charge is 0.454 e. The van der Waals surface area contributed by atoms with Crippen LogP contribution in [0.25, 0.3) is 0 Å². The molecule has 0 bridgehead atoms. The number of hydrogen-bond donors (Lipinski definition) is 2. The third-order valence-electron chi connectivity index (χ3n) is 4.02. The van der Waals surface area contributed by atoms with Gasteiger partial charge in [0.05, 0.1) is 6.04 Å². The summed E-state index contributed by atoms with van der Waals surface area (Å²) in [5, 5.41) is 5.31. The van der Waals surface area contributed by atoms with E-state index < -0.39 is 5.97 Å². The molecule has 0 radical (unpaired) electrons. The summed E-state index contributed by atoms with van der Waals surface area (Å²) >= 11 is 0. The van der Waals surface area contributed by atoms with Gasteiger partial charge in [0.25, 0.3) is 11.8 Å². The van der Waals surface area contributed by atoms with Crippen LogP contribution >= 0.6 is 0 Å². The maximum Gasteiger partial charge on any atom is 0.325 e. The van der Waals surface area contributed by atoms with Crippen LogP contribution in [-0.4, -0.2) is 30.9 Å². The standard InChI is InChI=1S/C21H24N2O4/c1-3-18(16-11-9-15(2)10-12-16)23-19(24)14-27-20(25)13-22-21(26)17-7-5-4-6-8-17/h4-12,18H,3,13-14H2,1-2H3,(H,22,26)(H,23,24)/t18-/m1/s1. The highest BCUT2D eigenvalue weighted by atomic mass is 16.5. The lowest BCUT2D eigenvalue weighted by Crippen LogP contribution is -2.35. The number of ether oxygens (including phenoxy) is 1. The predicted molar refractivity (Wildman–Crippen MR) is 102 cm³/mol. The fraction of sp³-hybridized carbons (Fsp3) is 0.286. The Hall–Kier alpha value is -3.15. The van der Waals surface area contributed by atoms with E-state index in [1.54, 1.807) is 30.3 Å². The van der Waals surface area contributed by atoms with E-state index in [-0.39, 0.29) is 31.0 Å². The van der Waals surface area contributed by atoms with Crippen LogP contribution < -0.4 is 10.6 Å². The number of carbonyl (C=O) groups is 3. The molecule has 0 spiro atoms. The maximum absolute atomic E-state index is 12.0. The van der Waals surface area contributed by atoms with E-state index in [0.29, 0.717) is 5.56 Å². The molecule has 0 heterocycles. The van der Waals surface area contributed by atoms with Crippen molar-refractivity contribution in [1.82, 2.24) is 10.6 Å². The second-order valence-electron chi connectivity index (χ2n) is 6.15.